The number of rotatable bonds is 5. The Labute approximate surface area is 84.9 Å². The molecule has 0 amide bonds. The molecule has 2 rings (SSSR count). The van der Waals surface area contributed by atoms with Gasteiger partial charge < -0.3 is 10.4 Å². The van der Waals surface area contributed by atoms with Crippen molar-refractivity contribution in [2.75, 3.05) is 13.1 Å². The lowest BCUT2D eigenvalue weighted by Crippen LogP contribution is -2.32. The van der Waals surface area contributed by atoms with Crippen LogP contribution in [0, 0.1) is 11.3 Å². The second-order valence-electron chi connectivity index (χ2n) is 4.87. The van der Waals surface area contributed by atoms with Crippen molar-refractivity contribution in [3.63, 3.8) is 0 Å². The zero-order valence-corrected chi connectivity index (χ0v) is 8.59. The summed E-state index contributed by atoms with van der Waals surface area (Å²) in [6.45, 7) is 1.70. The molecule has 0 atom stereocenters. The molecule has 0 aliphatic heterocycles. The quantitative estimate of drug-likeness (QED) is 0.704. The van der Waals surface area contributed by atoms with E-state index < -0.39 is 11.4 Å². The third kappa shape index (κ3) is 2.08. The Morgan fingerprint density at radius 3 is 2.50 bits per heavy atom. The van der Waals surface area contributed by atoms with Crippen molar-refractivity contribution in [3.8, 4) is 0 Å². The highest BCUT2D eigenvalue weighted by Crippen LogP contribution is 2.45. The zero-order chi connectivity index (χ0) is 10.0. The van der Waals surface area contributed by atoms with E-state index in [1.807, 2.05) is 0 Å². The second-order valence-corrected chi connectivity index (χ2v) is 4.87. The molecule has 3 nitrogen and oxygen atoms in total. The maximum absolute atomic E-state index is 10.9. The van der Waals surface area contributed by atoms with Gasteiger partial charge in [0, 0.05) is 6.54 Å². The Kier molecular flexibility index (Phi) is 2.77. The molecule has 2 aliphatic carbocycles. The topological polar surface area (TPSA) is 49.3 Å². The number of nitrogens with one attached hydrogen (secondary N) is 1. The monoisotopic (exact) mass is 197 g/mol. The van der Waals surface area contributed by atoms with Gasteiger partial charge in [0.1, 0.15) is 0 Å². The molecule has 80 valence electrons. The van der Waals surface area contributed by atoms with Crippen LogP contribution in [0.3, 0.4) is 0 Å². The average Bonchev–Trinajstić information content (AvgIpc) is 2.76. The van der Waals surface area contributed by atoms with Crippen molar-refractivity contribution in [1.82, 2.24) is 5.32 Å². The third-order valence-electron chi connectivity index (χ3n) is 3.68. The van der Waals surface area contributed by atoms with E-state index in [-0.39, 0.29) is 0 Å². The van der Waals surface area contributed by atoms with Gasteiger partial charge in [-0.2, -0.15) is 0 Å². The molecule has 0 unspecified atom stereocenters. The molecule has 0 aromatic rings. The summed E-state index contributed by atoms with van der Waals surface area (Å²) in [7, 11) is 0. The van der Waals surface area contributed by atoms with Gasteiger partial charge in [0.2, 0.25) is 0 Å². The Morgan fingerprint density at radius 2 is 2.00 bits per heavy atom. The van der Waals surface area contributed by atoms with Crippen molar-refractivity contribution in [1.29, 1.82) is 0 Å². The van der Waals surface area contributed by atoms with Crippen molar-refractivity contribution < 1.29 is 9.90 Å². The van der Waals surface area contributed by atoms with Gasteiger partial charge in [-0.3, -0.25) is 4.79 Å². The van der Waals surface area contributed by atoms with Crippen LogP contribution in [0.1, 0.15) is 38.5 Å². The van der Waals surface area contributed by atoms with E-state index in [1.165, 1.54) is 25.7 Å². The van der Waals surface area contributed by atoms with Gasteiger partial charge in [-0.25, -0.2) is 0 Å². The number of carboxylic acids is 1. The predicted octanol–water partition coefficient (Wildman–Crippen LogP) is 1.63. The summed E-state index contributed by atoms with van der Waals surface area (Å²) in [5.41, 5.74) is -0.390. The maximum Gasteiger partial charge on any atom is 0.310 e. The number of hydrogen-bond donors (Lipinski definition) is 2. The van der Waals surface area contributed by atoms with Gasteiger partial charge in [0.05, 0.1) is 5.41 Å². The summed E-state index contributed by atoms with van der Waals surface area (Å²) >= 11 is 0. The SMILES string of the molecule is O=C(O)C1(CNCC2CCCC2)CC1. The number of carboxylic acid groups (broad SMARTS) is 1. The summed E-state index contributed by atoms with van der Waals surface area (Å²) in [4.78, 5) is 10.9. The second kappa shape index (κ2) is 3.89. The van der Waals surface area contributed by atoms with E-state index >= 15 is 0 Å². The first-order chi connectivity index (χ1) is 6.73. The lowest BCUT2D eigenvalue weighted by Gasteiger charge is -2.14. The smallest absolute Gasteiger partial charge is 0.310 e. The summed E-state index contributed by atoms with van der Waals surface area (Å²) < 4.78 is 0. The number of carbonyl (C=O) groups is 1. The lowest BCUT2D eigenvalue weighted by atomic mass is 10.1. The van der Waals surface area contributed by atoms with Crippen LogP contribution in [-0.4, -0.2) is 24.2 Å². The van der Waals surface area contributed by atoms with Gasteiger partial charge in [-0.15, -0.1) is 0 Å². The Bertz CT molecular complexity index is 217. The Morgan fingerprint density at radius 1 is 1.36 bits per heavy atom. The van der Waals surface area contributed by atoms with Gasteiger partial charge in [0.25, 0.3) is 0 Å². The molecule has 2 aliphatic rings. The molecule has 0 bridgehead atoms. The van der Waals surface area contributed by atoms with Crippen LogP contribution in [-0.2, 0) is 4.79 Å². The van der Waals surface area contributed by atoms with Gasteiger partial charge in [0.15, 0.2) is 0 Å². The van der Waals surface area contributed by atoms with E-state index in [0.29, 0.717) is 6.54 Å². The van der Waals surface area contributed by atoms with Crippen molar-refractivity contribution in [2.24, 2.45) is 11.3 Å². The highest BCUT2D eigenvalue weighted by atomic mass is 16.4. The fourth-order valence-corrected chi connectivity index (χ4v) is 2.35. The highest BCUT2D eigenvalue weighted by molar-refractivity contribution is 5.78. The molecule has 0 aromatic heterocycles. The molecule has 0 aromatic carbocycles. The molecule has 0 radical (unpaired) electrons. The van der Waals surface area contributed by atoms with Crippen LogP contribution in [0.5, 0.6) is 0 Å². The molecular formula is C11H19NO2. The third-order valence-corrected chi connectivity index (χ3v) is 3.68. The van der Waals surface area contributed by atoms with Gasteiger partial charge >= 0.3 is 5.97 Å². The predicted molar refractivity (Wildman–Crippen MR) is 54.1 cm³/mol. The van der Waals surface area contributed by atoms with Crippen LogP contribution < -0.4 is 5.32 Å². The Hall–Kier alpha value is -0.570. The molecule has 0 heterocycles. The maximum atomic E-state index is 10.9. The van der Waals surface area contributed by atoms with Gasteiger partial charge in [-0.1, -0.05) is 12.8 Å². The first kappa shape index (κ1) is 9.97. The lowest BCUT2D eigenvalue weighted by molar-refractivity contribution is -0.143. The van der Waals surface area contributed by atoms with Crippen molar-refractivity contribution >= 4 is 5.97 Å². The minimum Gasteiger partial charge on any atom is -0.481 e. The first-order valence-corrected chi connectivity index (χ1v) is 5.67. The minimum absolute atomic E-state index is 0.390. The molecule has 0 saturated heterocycles. The number of hydrogen-bond acceptors (Lipinski definition) is 2. The van der Waals surface area contributed by atoms with E-state index in [1.54, 1.807) is 0 Å². The van der Waals surface area contributed by atoms with Crippen molar-refractivity contribution in [2.45, 2.75) is 38.5 Å². The summed E-state index contributed by atoms with van der Waals surface area (Å²) in [5, 5.41) is 12.3. The largest absolute Gasteiger partial charge is 0.481 e. The normalized spacial score (nSPS) is 25.1. The average molecular weight is 197 g/mol. The molecule has 2 saturated carbocycles. The van der Waals surface area contributed by atoms with E-state index in [2.05, 4.69) is 5.32 Å². The van der Waals surface area contributed by atoms with Crippen LogP contribution in [0.4, 0.5) is 0 Å². The molecule has 3 heteroatoms. The molecule has 0 spiro atoms. The molecular weight excluding hydrogens is 178 g/mol. The molecule has 2 N–H and O–H groups in total. The zero-order valence-electron chi connectivity index (χ0n) is 8.59. The minimum atomic E-state index is -0.614. The first-order valence-electron chi connectivity index (χ1n) is 5.67. The van der Waals surface area contributed by atoms with Crippen molar-refractivity contribution in [3.05, 3.63) is 0 Å². The van der Waals surface area contributed by atoms with Crippen LogP contribution in [0.2, 0.25) is 0 Å². The van der Waals surface area contributed by atoms with Crippen LogP contribution >= 0.6 is 0 Å². The molecule has 14 heavy (non-hydrogen) atoms. The fraction of sp³-hybridized carbons (Fsp3) is 0.909. The highest BCUT2D eigenvalue weighted by Gasteiger charge is 2.49. The summed E-state index contributed by atoms with van der Waals surface area (Å²) in [6.07, 6.45) is 7.09. The Balaban J connectivity index is 1.65. The fourth-order valence-electron chi connectivity index (χ4n) is 2.35. The number of aliphatic carboxylic acids is 1. The van der Waals surface area contributed by atoms with Gasteiger partial charge in [-0.05, 0) is 38.1 Å². The van der Waals surface area contributed by atoms with Crippen LogP contribution in [0.15, 0.2) is 0 Å². The van der Waals surface area contributed by atoms with E-state index in [9.17, 15) is 4.79 Å². The summed E-state index contributed by atoms with van der Waals surface area (Å²) in [6, 6.07) is 0. The summed E-state index contributed by atoms with van der Waals surface area (Å²) in [5.74, 6) is 0.191. The van der Waals surface area contributed by atoms with Crippen LogP contribution in [0.25, 0.3) is 0 Å². The van der Waals surface area contributed by atoms with E-state index in [4.69, 9.17) is 5.11 Å². The standard InChI is InChI=1S/C11H19NO2/c13-10(14)11(5-6-11)8-12-7-9-3-1-2-4-9/h9,12H,1-8H2,(H,13,14). The van der Waals surface area contributed by atoms with E-state index in [0.717, 1.165) is 25.3 Å². The molecule has 2 fully saturated rings.